The molecule has 0 amide bonds. The molecule has 0 atom stereocenters. The molecule has 81 valence electrons. The summed E-state index contributed by atoms with van der Waals surface area (Å²) in [5, 5.41) is 0. The zero-order valence-electron chi connectivity index (χ0n) is 7.89. The topological polar surface area (TPSA) is 18.5 Å². The lowest BCUT2D eigenvalue weighted by Crippen LogP contribution is -2.17. The molecule has 0 aromatic heterocycles. The first-order chi connectivity index (χ1) is 6.96. The third-order valence-corrected chi connectivity index (χ3v) is 1.60. The number of rotatable bonds is 3. The zero-order valence-corrected chi connectivity index (χ0v) is 7.89. The Balaban J connectivity index is 3.03. The van der Waals surface area contributed by atoms with Crippen LogP contribution < -0.4 is 9.47 Å². The van der Waals surface area contributed by atoms with Gasteiger partial charge in [-0.25, -0.2) is 0 Å². The van der Waals surface area contributed by atoms with E-state index in [0.717, 1.165) is 6.07 Å². The highest BCUT2D eigenvalue weighted by molar-refractivity contribution is 5.43. The quantitative estimate of drug-likeness (QED) is 0.774. The first-order valence-corrected chi connectivity index (χ1v) is 3.93. The van der Waals surface area contributed by atoms with Gasteiger partial charge >= 0.3 is 6.36 Å². The van der Waals surface area contributed by atoms with Crippen molar-refractivity contribution in [1.82, 2.24) is 0 Å². The van der Waals surface area contributed by atoms with Crippen LogP contribution in [0.4, 0.5) is 13.2 Å². The molecule has 0 aliphatic carbocycles. The van der Waals surface area contributed by atoms with Gasteiger partial charge in [0.1, 0.15) is 11.5 Å². The summed E-state index contributed by atoms with van der Waals surface area (Å²) in [4.78, 5) is 0. The third-order valence-electron chi connectivity index (χ3n) is 1.60. The van der Waals surface area contributed by atoms with Crippen LogP contribution in [0.5, 0.6) is 11.5 Å². The van der Waals surface area contributed by atoms with E-state index in [9.17, 15) is 13.2 Å². The maximum Gasteiger partial charge on any atom is 0.573 e. The van der Waals surface area contributed by atoms with Crippen LogP contribution in [0.25, 0.3) is 0 Å². The van der Waals surface area contributed by atoms with Gasteiger partial charge < -0.3 is 9.47 Å². The Bertz CT molecular complexity index is 358. The molecule has 0 aliphatic heterocycles. The van der Waals surface area contributed by atoms with E-state index in [1.54, 1.807) is 0 Å². The smallest absolute Gasteiger partial charge is 0.497 e. The van der Waals surface area contributed by atoms with Gasteiger partial charge in [0.2, 0.25) is 0 Å². The van der Waals surface area contributed by atoms with Gasteiger partial charge in [-0.1, -0.05) is 6.58 Å². The van der Waals surface area contributed by atoms with Crippen LogP contribution >= 0.6 is 0 Å². The molecule has 1 aromatic carbocycles. The van der Waals surface area contributed by atoms with Crippen LogP contribution in [0.1, 0.15) is 5.56 Å². The molecule has 0 heterocycles. The highest BCUT2D eigenvalue weighted by atomic mass is 19.4. The van der Waals surface area contributed by atoms with Gasteiger partial charge in [-0.05, 0) is 24.3 Å². The minimum atomic E-state index is -4.72. The molecule has 2 nitrogen and oxygen atoms in total. The molecule has 0 fully saturated rings. The number of benzene rings is 1. The number of ether oxygens (including phenoxy) is 2. The predicted molar refractivity (Wildman–Crippen MR) is 47.6 cm³/mol. The van der Waals surface area contributed by atoms with Crippen LogP contribution in [0.2, 0.25) is 0 Å². The summed E-state index contributed by atoms with van der Waals surface area (Å²) in [6.45, 7) is 3.27. The fourth-order valence-corrected chi connectivity index (χ4v) is 0.988. The fourth-order valence-electron chi connectivity index (χ4n) is 0.988. The van der Waals surface area contributed by atoms with Crippen molar-refractivity contribution in [1.29, 1.82) is 0 Å². The van der Waals surface area contributed by atoms with Gasteiger partial charge in [0.15, 0.2) is 0 Å². The van der Waals surface area contributed by atoms with E-state index in [1.807, 2.05) is 0 Å². The molecule has 0 spiro atoms. The molecule has 0 saturated heterocycles. The van der Waals surface area contributed by atoms with E-state index in [1.165, 1.54) is 19.2 Å². The molecule has 0 bridgehead atoms. The molecule has 1 rings (SSSR count). The van der Waals surface area contributed by atoms with Crippen molar-refractivity contribution in [2.75, 3.05) is 7.11 Å². The minimum Gasteiger partial charge on any atom is -0.497 e. The Hall–Kier alpha value is -1.65. The average molecular weight is 217 g/mol. The first-order valence-electron chi connectivity index (χ1n) is 3.93. The highest BCUT2D eigenvalue weighted by Gasteiger charge is 2.31. The van der Waals surface area contributed by atoms with Crippen molar-refractivity contribution in [2.45, 2.75) is 6.36 Å². The van der Waals surface area contributed by atoms with Gasteiger partial charge in [-0.15, -0.1) is 13.2 Å². The predicted octanol–water partition coefficient (Wildman–Crippen LogP) is 2.93. The SMILES string of the molecule is C=[C]c1cc(OC)ccc1OC(F)(F)F. The Morgan fingerprint density at radius 3 is 2.47 bits per heavy atom. The van der Waals surface area contributed by atoms with Crippen molar-refractivity contribution in [2.24, 2.45) is 0 Å². The third kappa shape index (κ3) is 3.19. The summed E-state index contributed by atoms with van der Waals surface area (Å²) < 4.78 is 44.4. The summed E-state index contributed by atoms with van der Waals surface area (Å²) in [6.07, 6.45) is -2.38. The summed E-state index contributed by atoms with van der Waals surface area (Å²) in [5.41, 5.74) is 0.103. The van der Waals surface area contributed by atoms with E-state index < -0.39 is 6.36 Å². The maximum absolute atomic E-state index is 11.9. The molecule has 1 radical (unpaired) electrons. The molecule has 0 unspecified atom stereocenters. The van der Waals surface area contributed by atoms with E-state index in [2.05, 4.69) is 17.4 Å². The van der Waals surface area contributed by atoms with Crippen molar-refractivity contribution in [3.63, 3.8) is 0 Å². The second kappa shape index (κ2) is 4.25. The standard InChI is InChI=1S/C10H8F3O2/c1-3-7-6-8(14-2)4-5-9(7)15-10(11,12)13/h4-6H,1H2,2H3. The average Bonchev–Trinajstić information content (AvgIpc) is 2.16. The number of halogens is 3. The molecule has 0 aliphatic rings. The molecule has 5 heteroatoms. The Labute approximate surface area is 84.9 Å². The normalized spacial score (nSPS) is 10.9. The molecule has 15 heavy (non-hydrogen) atoms. The molecular formula is C10H8F3O2. The maximum atomic E-state index is 11.9. The van der Waals surface area contributed by atoms with Crippen molar-refractivity contribution in [3.05, 3.63) is 36.4 Å². The van der Waals surface area contributed by atoms with Crippen LogP contribution in [0.3, 0.4) is 0 Å². The summed E-state index contributed by atoms with van der Waals surface area (Å²) in [7, 11) is 1.41. The molecular weight excluding hydrogens is 209 g/mol. The lowest BCUT2D eigenvalue weighted by Gasteiger charge is -2.11. The van der Waals surface area contributed by atoms with Crippen LogP contribution in [0.15, 0.2) is 24.8 Å². The van der Waals surface area contributed by atoms with Crippen molar-refractivity contribution in [3.8, 4) is 11.5 Å². The number of hydrogen-bond acceptors (Lipinski definition) is 2. The van der Waals surface area contributed by atoms with Gasteiger partial charge in [0.25, 0.3) is 0 Å². The van der Waals surface area contributed by atoms with Gasteiger partial charge in [-0.2, -0.15) is 0 Å². The zero-order chi connectivity index (χ0) is 11.5. The first kappa shape index (κ1) is 11.4. The molecule has 0 N–H and O–H groups in total. The summed E-state index contributed by atoms with van der Waals surface area (Å²) >= 11 is 0. The van der Waals surface area contributed by atoms with E-state index in [0.29, 0.717) is 5.75 Å². The minimum absolute atomic E-state index is 0.103. The number of hydrogen-bond donors (Lipinski definition) is 0. The summed E-state index contributed by atoms with van der Waals surface area (Å²) in [5.74, 6) is 0.0639. The van der Waals surface area contributed by atoms with Gasteiger partial charge in [-0.3, -0.25) is 0 Å². The Morgan fingerprint density at radius 2 is 2.00 bits per heavy atom. The van der Waals surface area contributed by atoms with Crippen LogP contribution in [0, 0.1) is 6.08 Å². The monoisotopic (exact) mass is 217 g/mol. The van der Waals surface area contributed by atoms with Crippen molar-refractivity contribution < 1.29 is 22.6 Å². The number of alkyl halides is 3. The van der Waals surface area contributed by atoms with Crippen molar-refractivity contribution >= 4 is 0 Å². The fraction of sp³-hybridized carbons (Fsp3) is 0.200. The van der Waals surface area contributed by atoms with E-state index >= 15 is 0 Å². The van der Waals surface area contributed by atoms with Crippen LogP contribution in [-0.2, 0) is 0 Å². The second-order valence-electron chi connectivity index (χ2n) is 2.59. The second-order valence-corrected chi connectivity index (χ2v) is 2.59. The Kier molecular flexibility index (Phi) is 3.24. The van der Waals surface area contributed by atoms with E-state index in [-0.39, 0.29) is 11.3 Å². The lowest BCUT2D eigenvalue weighted by molar-refractivity contribution is -0.274. The lowest BCUT2D eigenvalue weighted by atomic mass is 10.2. The van der Waals surface area contributed by atoms with Gasteiger partial charge in [0.05, 0.1) is 7.11 Å². The number of methoxy groups -OCH3 is 1. The molecule has 1 aromatic rings. The Morgan fingerprint density at radius 1 is 1.33 bits per heavy atom. The highest BCUT2D eigenvalue weighted by Crippen LogP contribution is 2.29. The summed E-state index contributed by atoms with van der Waals surface area (Å²) in [6, 6.07) is 3.87. The largest absolute Gasteiger partial charge is 0.573 e. The van der Waals surface area contributed by atoms with Crippen LogP contribution in [-0.4, -0.2) is 13.5 Å². The van der Waals surface area contributed by atoms with E-state index in [4.69, 9.17) is 4.74 Å². The molecule has 0 saturated carbocycles. The van der Waals surface area contributed by atoms with Gasteiger partial charge in [0, 0.05) is 5.56 Å².